The summed E-state index contributed by atoms with van der Waals surface area (Å²) in [7, 11) is 1.47. The largest absolute Gasteiger partial charge is 0.507 e. The van der Waals surface area contributed by atoms with Crippen LogP contribution in [0.3, 0.4) is 0 Å². The van der Waals surface area contributed by atoms with Crippen LogP contribution in [0.25, 0.3) is 0 Å². The first-order valence-corrected chi connectivity index (χ1v) is 12.1. The molecule has 36 heavy (non-hydrogen) atoms. The number of ether oxygens (including phenoxy) is 1. The van der Waals surface area contributed by atoms with Crippen molar-refractivity contribution in [3.8, 4) is 11.5 Å². The van der Waals surface area contributed by atoms with Crippen LogP contribution in [0.4, 0.5) is 5.69 Å². The SMILES string of the molecule is C=C(C)/C=C\C(=C/C)C(=O)c1cc(/N=N/C2=CC=C(CCNC(=O)C(C)C)C[C@@H]2C)c(OC)cc1O. The molecule has 0 fully saturated rings. The molecule has 1 aromatic rings. The first-order valence-electron chi connectivity index (χ1n) is 12.1. The number of carbonyl (C=O) groups excluding carboxylic acids is 2. The van der Waals surface area contributed by atoms with E-state index < -0.39 is 0 Å². The summed E-state index contributed by atoms with van der Waals surface area (Å²) < 4.78 is 5.36. The number of allylic oxidation sites excluding steroid dienone is 8. The lowest BCUT2D eigenvalue weighted by Crippen LogP contribution is -2.28. The number of carbonyl (C=O) groups is 2. The molecule has 2 N–H and O–H groups in total. The summed E-state index contributed by atoms with van der Waals surface area (Å²) in [6.07, 6.45) is 10.6. The van der Waals surface area contributed by atoms with Gasteiger partial charge in [0.1, 0.15) is 17.2 Å². The van der Waals surface area contributed by atoms with Gasteiger partial charge in [0.2, 0.25) is 5.91 Å². The highest BCUT2D eigenvalue weighted by atomic mass is 16.5. The third-order valence-corrected chi connectivity index (χ3v) is 5.77. The normalized spacial score (nSPS) is 16.3. The van der Waals surface area contributed by atoms with Crippen LogP contribution >= 0.6 is 0 Å². The molecule has 1 amide bonds. The molecule has 1 aliphatic rings. The molecule has 0 aliphatic heterocycles. The summed E-state index contributed by atoms with van der Waals surface area (Å²) in [6.45, 7) is 13.8. The van der Waals surface area contributed by atoms with Crippen molar-refractivity contribution < 1.29 is 19.4 Å². The Kier molecular flexibility index (Phi) is 10.6. The van der Waals surface area contributed by atoms with E-state index >= 15 is 0 Å². The predicted molar refractivity (Wildman–Crippen MR) is 144 cm³/mol. The molecule has 0 saturated heterocycles. The number of ketones is 1. The van der Waals surface area contributed by atoms with Gasteiger partial charge in [-0.15, -0.1) is 5.11 Å². The Labute approximate surface area is 214 Å². The van der Waals surface area contributed by atoms with E-state index in [2.05, 4.69) is 29.0 Å². The van der Waals surface area contributed by atoms with Crippen molar-refractivity contribution in [2.75, 3.05) is 13.7 Å². The number of nitrogens with zero attached hydrogens (tertiary/aromatic N) is 2. The lowest BCUT2D eigenvalue weighted by molar-refractivity contribution is -0.123. The molecule has 1 aliphatic carbocycles. The minimum atomic E-state index is -0.339. The smallest absolute Gasteiger partial charge is 0.222 e. The van der Waals surface area contributed by atoms with Crippen molar-refractivity contribution in [1.82, 2.24) is 5.32 Å². The molecule has 1 aromatic carbocycles. The van der Waals surface area contributed by atoms with Gasteiger partial charge in [0.15, 0.2) is 5.78 Å². The number of aromatic hydroxyl groups is 1. The highest BCUT2D eigenvalue weighted by molar-refractivity contribution is 6.12. The number of amides is 1. The van der Waals surface area contributed by atoms with Crippen LogP contribution in [0, 0.1) is 11.8 Å². The molecule has 0 bridgehead atoms. The Bertz CT molecular complexity index is 1150. The Morgan fingerprint density at radius 2 is 1.97 bits per heavy atom. The van der Waals surface area contributed by atoms with Crippen molar-refractivity contribution >= 4 is 17.4 Å². The summed E-state index contributed by atoms with van der Waals surface area (Å²) in [5, 5.41) is 22.2. The van der Waals surface area contributed by atoms with E-state index in [1.54, 1.807) is 25.2 Å². The lowest BCUT2D eigenvalue weighted by atomic mass is 9.91. The minimum absolute atomic E-state index is 0.0266. The topological polar surface area (TPSA) is 100 Å². The molecular formula is C29H37N3O4. The molecule has 0 saturated carbocycles. The average molecular weight is 492 g/mol. The summed E-state index contributed by atoms with van der Waals surface area (Å²) >= 11 is 0. The van der Waals surface area contributed by atoms with Gasteiger partial charge in [0, 0.05) is 30.0 Å². The molecule has 2 rings (SSSR count). The predicted octanol–water partition coefficient (Wildman–Crippen LogP) is 6.76. The zero-order chi connectivity index (χ0) is 26.8. The van der Waals surface area contributed by atoms with Crippen molar-refractivity contribution in [2.24, 2.45) is 22.1 Å². The van der Waals surface area contributed by atoms with Crippen molar-refractivity contribution in [2.45, 2.75) is 47.5 Å². The number of phenolic OH excluding ortho intramolecular Hbond substituents is 1. The number of benzene rings is 1. The van der Waals surface area contributed by atoms with Crippen LogP contribution in [0.1, 0.15) is 57.8 Å². The van der Waals surface area contributed by atoms with Crippen LogP contribution in [-0.2, 0) is 4.79 Å². The second-order valence-electron chi connectivity index (χ2n) is 9.21. The standard InChI is InChI=1S/C29H37N3O4/c1-8-22(11-9-18(2)3)28(34)23-16-25(27(36-7)17-26(23)33)32-31-24-12-10-21(15-20(24)6)13-14-30-29(35)19(4)5/h8-12,16-17,19-20,33H,2,13-15H2,1,3-7H3,(H,30,35)/b11-9-,22-8+,32-31+/t20-/m0/s1. The van der Waals surface area contributed by atoms with Crippen molar-refractivity contribution in [3.05, 3.63) is 77.1 Å². The Balaban J connectivity index is 2.25. The fraction of sp³-hybridized carbons (Fsp3) is 0.379. The zero-order valence-electron chi connectivity index (χ0n) is 22.1. The van der Waals surface area contributed by atoms with Gasteiger partial charge in [0.25, 0.3) is 0 Å². The van der Waals surface area contributed by atoms with E-state index in [0.717, 1.165) is 24.1 Å². The van der Waals surface area contributed by atoms with Gasteiger partial charge in [-0.25, -0.2) is 0 Å². The monoisotopic (exact) mass is 491 g/mol. The summed E-state index contributed by atoms with van der Waals surface area (Å²) in [5.74, 6) is -0.0516. The maximum atomic E-state index is 13.1. The first kappa shape index (κ1) is 28.5. The highest BCUT2D eigenvalue weighted by Gasteiger charge is 2.19. The molecule has 0 radical (unpaired) electrons. The van der Waals surface area contributed by atoms with E-state index in [1.807, 2.05) is 32.9 Å². The third-order valence-electron chi connectivity index (χ3n) is 5.77. The second-order valence-corrected chi connectivity index (χ2v) is 9.21. The highest BCUT2D eigenvalue weighted by Crippen LogP contribution is 2.37. The van der Waals surface area contributed by atoms with Crippen LogP contribution in [0.15, 0.2) is 81.7 Å². The van der Waals surface area contributed by atoms with Crippen molar-refractivity contribution in [3.63, 3.8) is 0 Å². The maximum Gasteiger partial charge on any atom is 0.222 e. The number of rotatable bonds is 11. The number of methoxy groups -OCH3 is 1. The summed E-state index contributed by atoms with van der Waals surface area (Å²) in [5.41, 5.74) is 3.72. The Morgan fingerprint density at radius 3 is 2.56 bits per heavy atom. The van der Waals surface area contributed by atoms with Gasteiger partial charge >= 0.3 is 0 Å². The van der Waals surface area contributed by atoms with E-state index in [4.69, 9.17) is 4.74 Å². The fourth-order valence-electron chi connectivity index (χ4n) is 3.58. The number of azo groups is 1. The van der Waals surface area contributed by atoms with E-state index in [1.165, 1.54) is 24.8 Å². The quantitative estimate of drug-likeness (QED) is 0.155. The Hall–Kier alpha value is -3.74. The molecule has 7 nitrogen and oxygen atoms in total. The zero-order valence-corrected chi connectivity index (χ0v) is 22.1. The van der Waals surface area contributed by atoms with E-state index in [-0.39, 0.29) is 34.8 Å². The molecule has 0 spiro atoms. The molecule has 192 valence electrons. The van der Waals surface area contributed by atoms with Gasteiger partial charge in [-0.3, -0.25) is 9.59 Å². The number of nitrogens with one attached hydrogen (secondary N) is 1. The third kappa shape index (κ3) is 7.90. The second kappa shape index (κ2) is 13.4. The molecule has 0 heterocycles. The summed E-state index contributed by atoms with van der Waals surface area (Å²) in [4.78, 5) is 24.8. The van der Waals surface area contributed by atoms with Gasteiger partial charge in [-0.2, -0.15) is 5.11 Å². The fourth-order valence-corrected chi connectivity index (χ4v) is 3.58. The van der Waals surface area contributed by atoms with Gasteiger partial charge in [-0.05, 0) is 38.8 Å². The van der Waals surface area contributed by atoms with E-state index in [0.29, 0.717) is 23.6 Å². The average Bonchev–Trinajstić information content (AvgIpc) is 2.83. The minimum Gasteiger partial charge on any atom is -0.507 e. The number of Topliss-reactive ketones (excluding diaryl/α,β-unsaturated/α-hetero) is 1. The molecular weight excluding hydrogens is 454 g/mol. The molecule has 1 atom stereocenters. The molecule has 0 unspecified atom stereocenters. The lowest BCUT2D eigenvalue weighted by Gasteiger charge is -2.19. The van der Waals surface area contributed by atoms with Crippen LogP contribution in [0.5, 0.6) is 11.5 Å². The first-order chi connectivity index (χ1) is 17.1. The molecule has 7 heteroatoms. The van der Waals surface area contributed by atoms with Gasteiger partial charge < -0.3 is 15.2 Å². The van der Waals surface area contributed by atoms with E-state index in [9.17, 15) is 14.7 Å². The number of hydrogen-bond donors (Lipinski definition) is 2. The van der Waals surface area contributed by atoms with Crippen LogP contribution in [-0.4, -0.2) is 30.5 Å². The van der Waals surface area contributed by atoms with Gasteiger partial charge in [0.05, 0.1) is 18.4 Å². The maximum absolute atomic E-state index is 13.1. The van der Waals surface area contributed by atoms with Crippen LogP contribution in [0.2, 0.25) is 0 Å². The summed E-state index contributed by atoms with van der Waals surface area (Å²) in [6, 6.07) is 2.87. The Morgan fingerprint density at radius 1 is 1.25 bits per heavy atom. The van der Waals surface area contributed by atoms with Gasteiger partial charge in [-0.1, -0.05) is 62.8 Å². The van der Waals surface area contributed by atoms with Crippen LogP contribution < -0.4 is 10.1 Å². The number of hydrogen-bond acceptors (Lipinski definition) is 6. The van der Waals surface area contributed by atoms with Crippen molar-refractivity contribution in [1.29, 1.82) is 0 Å². The number of phenols is 1. The molecule has 0 aromatic heterocycles.